The van der Waals surface area contributed by atoms with E-state index in [-0.39, 0.29) is 10.6 Å². The number of methoxy groups -OCH3 is 1. The minimum Gasteiger partial charge on any atom is -0.496 e. The van der Waals surface area contributed by atoms with E-state index in [0.717, 1.165) is 13.1 Å². The van der Waals surface area contributed by atoms with Gasteiger partial charge in [-0.1, -0.05) is 0 Å². The number of benzene rings is 1. The molecule has 1 aromatic rings. The van der Waals surface area contributed by atoms with Gasteiger partial charge in [0.15, 0.2) is 0 Å². The second-order valence-corrected chi connectivity index (χ2v) is 4.80. The number of rotatable bonds is 4. The second kappa shape index (κ2) is 4.13. The van der Waals surface area contributed by atoms with Crippen molar-refractivity contribution >= 4 is 11.4 Å². The average Bonchev–Trinajstić information content (AvgIpc) is 2.82. The molecule has 0 spiro atoms. The Balaban J connectivity index is 1.80. The molecule has 0 aromatic heterocycles. The Bertz CT molecular complexity index is 481. The fourth-order valence-electron chi connectivity index (χ4n) is 2.72. The van der Waals surface area contributed by atoms with Gasteiger partial charge in [0.05, 0.1) is 18.1 Å². The highest BCUT2D eigenvalue weighted by Crippen LogP contribution is 2.45. The van der Waals surface area contributed by atoms with Gasteiger partial charge in [0.1, 0.15) is 11.4 Å². The molecule has 2 N–H and O–H groups in total. The first kappa shape index (κ1) is 11.3. The number of ether oxygens (including phenoxy) is 1. The largest absolute Gasteiger partial charge is 0.496 e. The molecular weight excluding hydrogens is 234 g/mol. The van der Waals surface area contributed by atoms with Gasteiger partial charge in [-0.25, -0.2) is 0 Å². The number of anilines is 1. The Labute approximate surface area is 104 Å². The van der Waals surface area contributed by atoms with Gasteiger partial charge in [0.2, 0.25) is 0 Å². The Morgan fingerprint density at radius 2 is 2.17 bits per heavy atom. The average molecular weight is 249 g/mol. The molecule has 0 amide bonds. The molecule has 3 rings (SSSR count). The molecule has 1 saturated heterocycles. The van der Waals surface area contributed by atoms with Gasteiger partial charge in [0.25, 0.3) is 5.69 Å². The van der Waals surface area contributed by atoms with E-state index in [1.807, 2.05) is 0 Å². The number of nitro benzene ring substituents is 1. The van der Waals surface area contributed by atoms with Crippen LogP contribution in [-0.4, -0.2) is 31.2 Å². The van der Waals surface area contributed by atoms with E-state index in [9.17, 15) is 10.1 Å². The summed E-state index contributed by atoms with van der Waals surface area (Å²) in [6.45, 7) is 2.01. The summed E-state index contributed by atoms with van der Waals surface area (Å²) in [7, 11) is 1.50. The fraction of sp³-hybridized carbons (Fsp3) is 0.500. The molecule has 2 aliphatic rings. The molecule has 2 unspecified atom stereocenters. The molecule has 6 heteroatoms. The van der Waals surface area contributed by atoms with E-state index in [4.69, 9.17) is 4.74 Å². The summed E-state index contributed by atoms with van der Waals surface area (Å²) in [4.78, 5) is 10.7. The summed E-state index contributed by atoms with van der Waals surface area (Å²) in [6, 6.07) is 5.29. The Morgan fingerprint density at radius 3 is 2.78 bits per heavy atom. The maximum atomic E-state index is 11.0. The van der Waals surface area contributed by atoms with Crippen molar-refractivity contribution in [2.24, 2.45) is 11.8 Å². The smallest absolute Gasteiger partial charge is 0.296 e. The zero-order valence-corrected chi connectivity index (χ0v) is 10.1. The van der Waals surface area contributed by atoms with Crippen molar-refractivity contribution in [1.29, 1.82) is 0 Å². The third kappa shape index (κ3) is 1.78. The lowest BCUT2D eigenvalue weighted by atomic mass is 10.2. The first-order chi connectivity index (χ1) is 8.70. The molecule has 0 bridgehead atoms. The van der Waals surface area contributed by atoms with Crippen LogP contribution < -0.4 is 15.4 Å². The van der Waals surface area contributed by atoms with E-state index in [0.29, 0.717) is 29.3 Å². The predicted octanol–water partition coefficient (Wildman–Crippen LogP) is 1.23. The molecule has 1 aliphatic heterocycles. The molecule has 96 valence electrons. The van der Waals surface area contributed by atoms with Crippen LogP contribution in [0.3, 0.4) is 0 Å². The maximum Gasteiger partial charge on any atom is 0.296 e. The van der Waals surface area contributed by atoms with E-state index in [1.54, 1.807) is 12.1 Å². The summed E-state index contributed by atoms with van der Waals surface area (Å²) in [5, 5.41) is 17.6. The van der Waals surface area contributed by atoms with Gasteiger partial charge in [-0.2, -0.15) is 0 Å². The number of fused-ring (bicyclic) bond motifs is 1. The van der Waals surface area contributed by atoms with Crippen molar-refractivity contribution in [3.63, 3.8) is 0 Å². The monoisotopic (exact) mass is 249 g/mol. The highest BCUT2D eigenvalue weighted by atomic mass is 16.6. The van der Waals surface area contributed by atoms with Crippen LogP contribution in [0.1, 0.15) is 0 Å². The van der Waals surface area contributed by atoms with Crippen LogP contribution in [0, 0.1) is 22.0 Å². The molecule has 0 radical (unpaired) electrons. The summed E-state index contributed by atoms with van der Waals surface area (Å²) in [5.41, 5.74) is 0.660. The lowest BCUT2D eigenvalue weighted by Crippen LogP contribution is -2.21. The SMILES string of the molecule is COc1ccc(NC2C3CNCC32)c([N+](=O)[O-])c1. The van der Waals surface area contributed by atoms with Crippen molar-refractivity contribution in [3.05, 3.63) is 28.3 Å². The van der Waals surface area contributed by atoms with E-state index >= 15 is 0 Å². The van der Waals surface area contributed by atoms with Crippen LogP contribution in [0.5, 0.6) is 5.75 Å². The molecule has 1 aromatic carbocycles. The van der Waals surface area contributed by atoms with Crippen LogP contribution in [0.4, 0.5) is 11.4 Å². The number of nitro groups is 1. The number of nitrogens with zero attached hydrogens (tertiary/aromatic N) is 1. The van der Waals surface area contributed by atoms with E-state index < -0.39 is 0 Å². The third-order valence-electron chi connectivity index (χ3n) is 3.82. The van der Waals surface area contributed by atoms with Crippen LogP contribution in [0.2, 0.25) is 0 Å². The van der Waals surface area contributed by atoms with Gasteiger partial charge >= 0.3 is 0 Å². The minimum atomic E-state index is -0.374. The van der Waals surface area contributed by atoms with Gasteiger partial charge in [-0.3, -0.25) is 10.1 Å². The normalized spacial score (nSPS) is 28.6. The number of hydrogen-bond acceptors (Lipinski definition) is 5. The van der Waals surface area contributed by atoms with Crippen LogP contribution >= 0.6 is 0 Å². The fourth-order valence-corrected chi connectivity index (χ4v) is 2.72. The Kier molecular flexibility index (Phi) is 2.59. The van der Waals surface area contributed by atoms with E-state index in [2.05, 4.69) is 10.6 Å². The van der Waals surface area contributed by atoms with Crippen LogP contribution in [0.25, 0.3) is 0 Å². The summed E-state index contributed by atoms with van der Waals surface area (Å²) >= 11 is 0. The van der Waals surface area contributed by atoms with Crippen molar-refractivity contribution in [2.75, 3.05) is 25.5 Å². The highest BCUT2D eigenvalue weighted by Gasteiger charge is 2.53. The quantitative estimate of drug-likeness (QED) is 0.620. The predicted molar refractivity (Wildman–Crippen MR) is 66.9 cm³/mol. The van der Waals surface area contributed by atoms with E-state index in [1.165, 1.54) is 13.2 Å². The standard InChI is InChI=1S/C12H15N3O3/c1-18-7-2-3-10(11(4-7)15(16)17)14-12-8-5-13-6-9(8)12/h2-4,8-9,12-14H,5-6H2,1H3. The maximum absolute atomic E-state index is 11.0. The van der Waals surface area contributed by atoms with Crippen molar-refractivity contribution < 1.29 is 9.66 Å². The minimum absolute atomic E-state index is 0.0762. The number of piperidine rings is 1. The molecular formula is C12H15N3O3. The van der Waals surface area contributed by atoms with Gasteiger partial charge in [0, 0.05) is 19.1 Å². The van der Waals surface area contributed by atoms with Crippen molar-refractivity contribution in [1.82, 2.24) is 5.32 Å². The first-order valence-corrected chi connectivity index (χ1v) is 6.00. The Morgan fingerprint density at radius 1 is 1.44 bits per heavy atom. The lowest BCUT2D eigenvalue weighted by Gasteiger charge is -2.10. The van der Waals surface area contributed by atoms with Gasteiger partial charge < -0.3 is 15.4 Å². The highest BCUT2D eigenvalue weighted by molar-refractivity contribution is 5.65. The zero-order valence-electron chi connectivity index (χ0n) is 10.1. The molecule has 2 fully saturated rings. The second-order valence-electron chi connectivity index (χ2n) is 4.80. The summed E-state index contributed by atoms with van der Waals surface area (Å²) in [6.07, 6.45) is 0. The molecule has 1 saturated carbocycles. The molecule has 6 nitrogen and oxygen atoms in total. The van der Waals surface area contributed by atoms with Crippen LogP contribution in [0.15, 0.2) is 18.2 Å². The summed E-state index contributed by atoms with van der Waals surface area (Å²) < 4.78 is 5.01. The van der Waals surface area contributed by atoms with Crippen LogP contribution in [-0.2, 0) is 0 Å². The number of nitrogens with one attached hydrogen (secondary N) is 2. The van der Waals surface area contributed by atoms with Gasteiger partial charge in [-0.15, -0.1) is 0 Å². The number of hydrogen-bond donors (Lipinski definition) is 2. The third-order valence-corrected chi connectivity index (χ3v) is 3.82. The van der Waals surface area contributed by atoms with Gasteiger partial charge in [-0.05, 0) is 24.0 Å². The molecule has 1 aliphatic carbocycles. The molecule has 2 atom stereocenters. The molecule has 18 heavy (non-hydrogen) atoms. The lowest BCUT2D eigenvalue weighted by molar-refractivity contribution is -0.384. The molecule has 1 heterocycles. The summed E-state index contributed by atoms with van der Waals surface area (Å²) in [5.74, 6) is 1.74. The zero-order chi connectivity index (χ0) is 12.7. The first-order valence-electron chi connectivity index (χ1n) is 6.00. The van der Waals surface area contributed by atoms with Crippen molar-refractivity contribution in [2.45, 2.75) is 6.04 Å². The van der Waals surface area contributed by atoms with Crippen molar-refractivity contribution in [3.8, 4) is 5.75 Å². The Hall–Kier alpha value is -1.82. The topological polar surface area (TPSA) is 76.4 Å².